The molecule has 2 aromatic carbocycles. The fraction of sp³-hybridized carbons (Fsp3) is 0.481. The molecule has 1 fully saturated rings. The molecule has 0 saturated heterocycles. The molecule has 0 spiro atoms. The second-order valence-electron chi connectivity index (χ2n) is 9.00. The van der Waals surface area contributed by atoms with Crippen LogP contribution >= 0.6 is 0 Å². The van der Waals surface area contributed by atoms with Gasteiger partial charge in [-0.25, -0.2) is 8.78 Å². The van der Waals surface area contributed by atoms with Gasteiger partial charge in [0, 0.05) is 5.56 Å². The summed E-state index contributed by atoms with van der Waals surface area (Å²) in [5.74, 6) is 2.02. The van der Waals surface area contributed by atoms with Crippen LogP contribution < -0.4 is 0 Å². The van der Waals surface area contributed by atoms with Gasteiger partial charge in [-0.05, 0) is 98.4 Å². The van der Waals surface area contributed by atoms with E-state index in [9.17, 15) is 4.39 Å². The van der Waals surface area contributed by atoms with E-state index < -0.39 is 0 Å². The van der Waals surface area contributed by atoms with Gasteiger partial charge in [0.2, 0.25) is 0 Å². The summed E-state index contributed by atoms with van der Waals surface area (Å²) in [6.07, 6.45) is 15.4. The third-order valence-corrected chi connectivity index (χ3v) is 7.28. The highest BCUT2D eigenvalue weighted by Crippen LogP contribution is 2.42. The lowest BCUT2D eigenvalue weighted by Gasteiger charge is -2.36. The van der Waals surface area contributed by atoms with Gasteiger partial charge in [-0.2, -0.15) is 0 Å². The minimum Gasteiger partial charge on any atom is -0.207 e. The molecule has 0 heterocycles. The number of halogens is 2. The van der Waals surface area contributed by atoms with E-state index in [0.29, 0.717) is 11.5 Å². The first kappa shape index (κ1) is 20.3. The van der Waals surface area contributed by atoms with Gasteiger partial charge in [-0.15, -0.1) is 0 Å². The molecule has 0 aliphatic heterocycles. The van der Waals surface area contributed by atoms with Crippen molar-refractivity contribution < 1.29 is 8.78 Å². The Morgan fingerprint density at radius 2 is 1.66 bits per heavy atom. The van der Waals surface area contributed by atoms with Crippen molar-refractivity contribution >= 4 is 0 Å². The van der Waals surface area contributed by atoms with E-state index in [1.165, 1.54) is 56.2 Å². The molecule has 0 amide bonds. The van der Waals surface area contributed by atoms with Crippen LogP contribution in [-0.4, -0.2) is 0 Å². The highest BCUT2D eigenvalue weighted by molar-refractivity contribution is 5.66. The summed E-state index contributed by atoms with van der Waals surface area (Å²) in [6, 6.07) is 10.1. The first-order chi connectivity index (χ1) is 14.2. The molecule has 0 bridgehead atoms. The Morgan fingerprint density at radius 1 is 0.897 bits per heavy atom. The van der Waals surface area contributed by atoms with Gasteiger partial charge in [0.1, 0.15) is 11.6 Å². The highest BCUT2D eigenvalue weighted by atomic mass is 19.1. The molecule has 0 nitrogen and oxygen atoms in total. The minimum absolute atomic E-state index is 0.0970. The Hall–Kier alpha value is -1.96. The van der Waals surface area contributed by atoms with Crippen LogP contribution in [0.4, 0.5) is 8.78 Å². The van der Waals surface area contributed by atoms with Crippen LogP contribution in [0.5, 0.6) is 0 Å². The summed E-state index contributed by atoms with van der Waals surface area (Å²) in [5.41, 5.74) is 3.44. The zero-order chi connectivity index (χ0) is 20.2. The van der Waals surface area contributed by atoms with Crippen molar-refractivity contribution in [1.29, 1.82) is 0 Å². The fourth-order valence-electron chi connectivity index (χ4n) is 5.54. The van der Waals surface area contributed by atoms with E-state index in [1.807, 2.05) is 6.07 Å². The first-order valence-electron chi connectivity index (χ1n) is 11.3. The van der Waals surface area contributed by atoms with Crippen molar-refractivity contribution in [3.05, 3.63) is 71.3 Å². The largest absolute Gasteiger partial charge is 0.207 e. The molecule has 0 radical (unpaired) electrons. The quantitative estimate of drug-likeness (QED) is 0.452. The van der Waals surface area contributed by atoms with Gasteiger partial charge in [0.05, 0.1) is 0 Å². The third kappa shape index (κ3) is 4.63. The van der Waals surface area contributed by atoms with E-state index >= 15 is 4.39 Å². The summed E-state index contributed by atoms with van der Waals surface area (Å²) in [7, 11) is 0. The zero-order valence-corrected chi connectivity index (χ0v) is 17.5. The Bertz CT molecular complexity index is 842. The average Bonchev–Trinajstić information content (AvgIpc) is 2.75. The monoisotopic (exact) mass is 394 g/mol. The lowest BCUT2D eigenvalue weighted by atomic mass is 9.69. The number of fused-ring (bicyclic) bond motifs is 1. The predicted octanol–water partition coefficient (Wildman–Crippen LogP) is 7.90. The van der Waals surface area contributed by atoms with Crippen LogP contribution in [0.1, 0.15) is 63.0 Å². The Balaban J connectivity index is 1.41. The second kappa shape index (κ2) is 9.24. The van der Waals surface area contributed by atoms with E-state index in [-0.39, 0.29) is 11.6 Å². The minimum atomic E-state index is -0.286. The van der Waals surface area contributed by atoms with E-state index in [2.05, 4.69) is 25.1 Å². The maximum Gasteiger partial charge on any atom is 0.134 e. The average molecular weight is 395 g/mol. The van der Waals surface area contributed by atoms with Crippen molar-refractivity contribution in [3.63, 3.8) is 0 Å². The van der Waals surface area contributed by atoms with Crippen LogP contribution in [-0.2, 0) is 12.8 Å². The Labute approximate surface area is 174 Å². The molecule has 2 aliphatic rings. The smallest absolute Gasteiger partial charge is 0.134 e. The number of rotatable bonds is 5. The number of hydrogen-bond acceptors (Lipinski definition) is 0. The lowest BCUT2D eigenvalue weighted by molar-refractivity contribution is 0.184. The molecule has 154 valence electrons. The number of allylic oxidation sites excluding steroid dienone is 2. The van der Waals surface area contributed by atoms with Crippen LogP contribution in [0, 0.1) is 29.4 Å². The first-order valence-corrected chi connectivity index (χ1v) is 11.3. The van der Waals surface area contributed by atoms with Crippen LogP contribution in [0.3, 0.4) is 0 Å². The summed E-state index contributed by atoms with van der Waals surface area (Å²) in [5, 5.41) is 0. The van der Waals surface area contributed by atoms with Crippen molar-refractivity contribution in [3.8, 4) is 11.1 Å². The molecule has 4 rings (SSSR count). The van der Waals surface area contributed by atoms with Gasteiger partial charge in [0.15, 0.2) is 0 Å². The van der Waals surface area contributed by atoms with E-state index in [1.54, 1.807) is 12.1 Å². The molecular weight excluding hydrogens is 362 g/mol. The van der Waals surface area contributed by atoms with Crippen molar-refractivity contribution in [1.82, 2.24) is 0 Å². The molecule has 2 heteroatoms. The molecule has 2 aliphatic carbocycles. The van der Waals surface area contributed by atoms with Gasteiger partial charge in [-0.3, -0.25) is 0 Å². The molecule has 0 N–H and O–H groups in total. The van der Waals surface area contributed by atoms with Crippen LogP contribution in [0.2, 0.25) is 0 Å². The predicted molar refractivity (Wildman–Crippen MR) is 117 cm³/mol. The summed E-state index contributed by atoms with van der Waals surface area (Å²) >= 11 is 0. The Kier molecular flexibility index (Phi) is 6.47. The Morgan fingerprint density at radius 3 is 2.38 bits per heavy atom. The van der Waals surface area contributed by atoms with Gasteiger partial charge >= 0.3 is 0 Å². The molecule has 29 heavy (non-hydrogen) atoms. The SMILES string of the molecule is C/C=C/CCC1CCC(C2CCc3c(ccc(-c4ccc(F)cc4)c3F)C2)CC1. The molecule has 1 atom stereocenters. The maximum atomic E-state index is 15.2. The molecule has 2 aromatic rings. The standard InChI is InChI=1S/C27H32F2/c1-2-3-4-5-19-6-8-20(9-7-19)22-12-16-26-23(18-22)13-17-25(27(26)29)21-10-14-24(28)15-11-21/h2-3,10-11,13-15,17,19-20,22H,4-9,12,16,18H2,1H3/b3-2+. The van der Waals surface area contributed by atoms with Crippen molar-refractivity contribution in [2.75, 3.05) is 0 Å². The topological polar surface area (TPSA) is 0 Å². The highest BCUT2D eigenvalue weighted by Gasteiger charge is 2.31. The van der Waals surface area contributed by atoms with Gasteiger partial charge in [0.25, 0.3) is 0 Å². The molecule has 1 saturated carbocycles. The third-order valence-electron chi connectivity index (χ3n) is 7.28. The van der Waals surface area contributed by atoms with Gasteiger partial charge < -0.3 is 0 Å². The lowest BCUT2D eigenvalue weighted by Crippen LogP contribution is -2.27. The van der Waals surface area contributed by atoms with Crippen molar-refractivity contribution in [2.24, 2.45) is 17.8 Å². The second-order valence-corrected chi connectivity index (χ2v) is 9.00. The van der Waals surface area contributed by atoms with Gasteiger partial charge in [-0.1, -0.05) is 49.3 Å². The molecule has 0 aromatic heterocycles. The van der Waals surface area contributed by atoms with E-state index in [4.69, 9.17) is 0 Å². The summed E-state index contributed by atoms with van der Waals surface area (Å²) in [6.45, 7) is 2.10. The maximum absolute atomic E-state index is 15.2. The molecule has 1 unspecified atom stereocenters. The van der Waals surface area contributed by atoms with Crippen LogP contribution in [0.15, 0.2) is 48.6 Å². The van der Waals surface area contributed by atoms with E-state index in [0.717, 1.165) is 42.2 Å². The fourth-order valence-corrected chi connectivity index (χ4v) is 5.54. The normalized spacial score (nSPS) is 24.6. The van der Waals surface area contributed by atoms with Crippen molar-refractivity contribution in [2.45, 2.75) is 64.7 Å². The summed E-state index contributed by atoms with van der Waals surface area (Å²) < 4.78 is 28.4. The van der Waals surface area contributed by atoms with Crippen LogP contribution in [0.25, 0.3) is 11.1 Å². The summed E-state index contributed by atoms with van der Waals surface area (Å²) in [4.78, 5) is 0. The number of benzene rings is 2. The zero-order valence-electron chi connectivity index (χ0n) is 17.5. The molecular formula is C27H32F2. The number of hydrogen-bond donors (Lipinski definition) is 0.